The van der Waals surface area contributed by atoms with Crippen molar-refractivity contribution in [2.24, 2.45) is 0 Å². The van der Waals surface area contributed by atoms with Gasteiger partial charge in [0.1, 0.15) is 12.1 Å². The molecule has 0 saturated carbocycles. The average molecular weight is 388 g/mol. The zero-order valence-electron chi connectivity index (χ0n) is 14.1. The number of hydrogen-bond donors (Lipinski definition) is 1. The molecule has 0 amide bonds. The Labute approximate surface area is 149 Å². The molecule has 10 heteroatoms. The molecule has 3 rings (SSSR count). The maximum Gasteiger partial charge on any atom is 0.401 e. The van der Waals surface area contributed by atoms with E-state index in [1.54, 1.807) is 6.07 Å². The highest BCUT2D eigenvalue weighted by Gasteiger charge is 2.32. The third-order valence-electron chi connectivity index (χ3n) is 4.37. The highest BCUT2D eigenvalue weighted by atomic mass is 32.2. The van der Waals surface area contributed by atoms with Gasteiger partial charge in [-0.3, -0.25) is 4.90 Å². The smallest absolute Gasteiger partial charge is 0.367 e. The Hall–Kier alpha value is -1.94. The maximum absolute atomic E-state index is 12.5. The second kappa shape index (κ2) is 6.99. The molecule has 0 spiro atoms. The minimum Gasteiger partial charge on any atom is -0.367 e. The molecule has 142 valence electrons. The SMILES string of the molecule is CS(=O)(=O)c1ccc2ncnc(NC3CCN(CC(F)(F)F)CC3)c2c1. The molecule has 0 radical (unpaired) electrons. The summed E-state index contributed by atoms with van der Waals surface area (Å²) in [7, 11) is -3.37. The normalized spacial score (nSPS) is 17.5. The lowest BCUT2D eigenvalue weighted by Crippen LogP contribution is -2.43. The minimum atomic E-state index is -4.19. The average Bonchev–Trinajstić information content (AvgIpc) is 2.54. The molecule has 2 aromatic rings. The number of benzene rings is 1. The molecule has 26 heavy (non-hydrogen) atoms. The van der Waals surface area contributed by atoms with Gasteiger partial charge >= 0.3 is 6.18 Å². The van der Waals surface area contributed by atoms with Crippen LogP contribution in [-0.4, -0.2) is 61.4 Å². The first kappa shape index (κ1) is 18.8. The van der Waals surface area contributed by atoms with Gasteiger partial charge in [0.05, 0.1) is 17.0 Å². The van der Waals surface area contributed by atoms with E-state index >= 15 is 0 Å². The van der Waals surface area contributed by atoms with Gasteiger partial charge in [-0.05, 0) is 31.0 Å². The molecule has 0 bridgehead atoms. The van der Waals surface area contributed by atoms with E-state index in [1.807, 2.05) is 0 Å². The highest BCUT2D eigenvalue weighted by Crippen LogP contribution is 2.26. The Bertz CT molecular complexity index is 894. The monoisotopic (exact) mass is 388 g/mol. The van der Waals surface area contributed by atoms with Gasteiger partial charge in [-0.1, -0.05) is 0 Å². The summed E-state index contributed by atoms with van der Waals surface area (Å²) in [5, 5.41) is 3.81. The van der Waals surface area contributed by atoms with Crippen LogP contribution in [0, 0.1) is 0 Å². The van der Waals surface area contributed by atoms with Gasteiger partial charge in [0.25, 0.3) is 0 Å². The minimum absolute atomic E-state index is 0.0283. The van der Waals surface area contributed by atoms with Crippen LogP contribution in [0.15, 0.2) is 29.4 Å². The quantitative estimate of drug-likeness (QED) is 0.867. The standard InChI is InChI=1S/C16H19F3N4O2S/c1-26(24,25)12-2-3-14-13(8-12)15(21-10-20-14)22-11-4-6-23(7-5-11)9-16(17,18)19/h2-3,8,10-11H,4-7,9H2,1H3,(H,20,21,22). The summed E-state index contributed by atoms with van der Waals surface area (Å²) in [6.07, 6.45) is -0.586. The van der Waals surface area contributed by atoms with E-state index in [0.717, 1.165) is 6.26 Å². The zero-order chi connectivity index (χ0) is 18.9. The van der Waals surface area contributed by atoms with Crippen molar-refractivity contribution in [1.29, 1.82) is 0 Å². The molecule has 1 aromatic heterocycles. The number of nitrogens with zero attached hydrogens (tertiary/aromatic N) is 3. The maximum atomic E-state index is 12.5. The summed E-state index contributed by atoms with van der Waals surface area (Å²) in [5.74, 6) is 0.495. The molecule has 1 aliphatic rings. The summed E-state index contributed by atoms with van der Waals surface area (Å²) in [6.45, 7) is -0.211. The van der Waals surface area contributed by atoms with Gasteiger partial charge < -0.3 is 5.32 Å². The molecule has 0 unspecified atom stereocenters. The number of sulfone groups is 1. The van der Waals surface area contributed by atoms with E-state index in [1.165, 1.54) is 23.4 Å². The van der Waals surface area contributed by atoms with Crippen molar-refractivity contribution >= 4 is 26.6 Å². The van der Waals surface area contributed by atoms with Crippen LogP contribution in [0.1, 0.15) is 12.8 Å². The molecule has 1 saturated heterocycles. The molecule has 0 atom stereocenters. The van der Waals surface area contributed by atoms with Gasteiger partial charge in [-0.25, -0.2) is 18.4 Å². The van der Waals surface area contributed by atoms with Crippen LogP contribution in [0.3, 0.4) is 0 Å². The van der Waals surface area contributed by atoms with Crippen LogP contribution in [0.5, 0.6) is 0 Å². The molecule has 2 heterocycles. The third kappa shape index (κ3) is 4.61. The van der Waals surface area contributed by atoms with Crippen LogP contribution in [-0.2, 0) is 9.84 Å². The lowest BCUT2D eigenvalue weighted by Gasteiger charge is -2.33. The van der Waals surface area contributed by atoms with Crippen molar-refractivity contribution < 1.29 is 21.6 Å². The molecular formula is C16H19F3N4O2S. The third-order valence-corrected chi connectivity index (χ3v) is 5.48. The van der Waals surface area contributed by atoms with Crippen LogP contribution in [0.4, 0.5) is 19.0 Å². The van der Waals surface area contributed by atoms with Crippen molar-refractivity contribution in [3.8, 4) is 0 Å². The predicted octanol–water partition coefficient (Wildman–Crippen LogP) is 2.47. The molecule has 1 aromatic carbocycles. The van der Waals surface area contributed by atoms with E-state index in [4.69, 9.17) is 0 Å². The number of hydrogen-bond acceptors (Lipinski definition) is 6. The Kier molecular flexibility index (Phi) is 5.07. The molecular weight excluding hydrogens is 369 g/mol. The lowest BCUT2D eigenvalue weighted by molar-refractivity contribution is -0.147. The summed E-state index contributed by atoms with van der Waals surface area (Å²) in [5.41, 5.74) is 0.601. The number of halogens is 3. The topological polar surface area (TPSA) is 75.2 Å². The fourth-order valence-corrected chi connectivity index (χ4v) is 3.71. The molecule has 1 fully saturated rings. The fourth-order valence-electron chi connectivity index (χ4n) is 3.06. The fraction of sp³-hybridized carbons (Fsp3) is 0.500. The van der Waals surface area contributed by atoms with Gasteiger partial charge in [-0.15, -0.1) is 0 Å². The number of nitrogens with one attached hydrogen (secondary N) is 1. The molecule has 0 aliphatic carbocycles. The summed E-state index contributed by atoms with van der Waals surface area (Å²) >= 11 is 0. The van der Waals surface area contributed by atoms with Crippen LogP contribution in [0.25, 0.3) is 10.9 Å². The second-order valence-corrected chi connectivity index (χ2v) is 8.50. The van der Waals surface area contributed by atoms with Gasteiger partial charge in [0.15, 0.2) is 9.84 Å². The zero-order valence-corrected chi connectivity index (χ0v) is 14.9. The molecule has 6 nitrogen and oxygen atoms in total. The van der Waals surface area contributed by atoms with E-state index in [0.29, 0.717) is 42.7 Å². The summed E-state index contributed by atoms with van der Waals surface area (Å²) < 4.78 is 60.9. The van der Waals surface area contributed by atoms with Crippen molar-refractivity contribution in [2.75, 3.05) is 31.2 Å². The summed E-state index contributed by atoms with van der Waals surface area (Å²) in [4.78, 5) is 9.88. The van der Waals surface area contributed by atoms with Crippen LogP contribution < -0.4 is 5.32 Å². The van der Waals surface area contributed by atoms with Crippen molar-refractivity contribution in [1.82, 2.24) is 14.9 Å². The second-order valence-electron chi connectivity index (χ2n) is 6.48. The number of piperidine rings is 1. The Morgan fingerprint density at radius 3 is 2.54 bits per heavy atom. The van der Waals surface area contributed by atoms with Crippen LogP contribution in [0.2, 0.25) is 0 Å². The van der Waals surface area contributed by atoms with E-state index in [9.17, 15) is 21.6 Å². The van der Waals surface area contributed by atoms with E-state index < -0.39 is 22.6 Å². The number of rotatable bonds is 4. The highest BCUT2D eigenvalue weighted by molar-refractivity contribution is 7.90. The first-order valence-corrected chi connectivity index (χ1v) is 10.0. The molecule has 1 N–H and O–H groups in total. The van der Waals surface area contributed by atoms with E-state index in [2.05, 4.69) is 15.3 Å². The van der Waals surface area contributed by atoms with Crippen molar-refractivity contribution in [3.63, 3.8) is 0 Å². The summed E-state index contributed by atoms with van der Waals surface area (Å²) in [6, 6.07) is 4.60. The van der Waals surface area contributed by atoms with Crippen molar-refractivity contribution in [2.45, 2.75) is 30.0 Å². The Balaban J connectivity index is 1.75. The number of aromatic nitrogens is 2. The number of likely N-dealkylation sites (tertiary alicyclic amines) is 1. The Morgan fingerprint density at radius 2 is 1.92 bits per heavy atom. The predicted molar refractivity (Wildman–Crippen MR) is 91.8 cm³/mol. The number of anilines is 1. The Morgan fingerprint density at radius 1 is 1.23 bits per heavy atom. The number of alkyl halides is 3. The molecule has 1 aliphatic heterocycles. The van der Waals surface area contributed by atoms with Crippen molar-refractivity contribution in [3.05, 3.63) is 24.5 Å². The van der Waals surface area contributed by atoms with Gasteiger partial charge in [0.2, 0.25) is 0 Å². The van der Waals surface area contributed by atoms with Gasteiger partial charge in [-0.2, -0.15) is 13.2 Å². The largest absolute Gasteiger partial charge is 0.401 e. The first-order valence-electron chi connectivity index (χ1n) is 8.12. The van der Waals surface area contributed by atoms with Gasteiger partial charge in [0, 0.05) is 30.8 Å². The number of fused-ring (bicyclic) bond motifs is 1. The van der Waals surface area contributed by atoms with Crippen LogP contribution >= 0.6 is 0 Å². The lowest BCUT2D eigenvalue weighted by atomic mass is 10.0. The van der Waals surface area contributed by atoms with E-state index in [-0.39, 0.29) is 10.9 Å². The first-order chi connectivity index (χ1) is 12.1.